The highest BCUT2D eigenvalue weighted by molar-refractivity contribution is 9.10. The first-order chi connectivity index (χ1) is 14.7. The van der Waals surface area contributed by atoms with Crippen LogP contribution in [-0.4, -0.2) is 43.7 Å². The van der Waals surface area contributed by atoms with Gasteiger partial charge in [-0.3, -0.25) is 4.99 Å². The van der Waals surface area contributed by atoms with Crippen LogP contribution in [0.4, 0.5) is 5.69 Å². The van der Waals surface area contributed by atoms with Gasteiger partial charge >= 0.3 is 0 Å². The summed E-state index contributed by atoms with van der Waals surface area (Å²) in [6.07, 6.45) is 3.67. The number of rotatable bonds is 6. The first kappa shape index (κ1) is 20.8. The Morgan fingerprint density at radius 1 is 1.07 bits per heavy atom. The van der Waals surface area contributed by atoms with Gasteiger partial charge in [-0.05, 0) is 29.8 Å². The molecule has 0 aliphatic carbocycles. The number of ether oxygens (including phenoxy) is 1. The average molecular weight is 483 g/mol. The van der Waals surface area contributed by atoms with Gasteiger partial charge in [0.15, 0.2) is 0 Å². The molecule has 0 saturated carbocycles. The number of anilines is 1. The molecule has 2 heterocycles. The van der Waals surface area contributed by atoms with Crippen molar-refractivity contribution < 1.29 is 4.74 Å². The maximum Gasteiger partial charge on any atom is 0.206 e. The third kappa shape index (κ3) is 4.98. The molecule has 0 atom stereocenters. The monoisotopic (exact) mass is 482 g/mol. The van der Waals surface area contributed by atoms with Gasteiger partial charge in [0, 0.05) is 34.2 Å². The first-order valence-electron chi connectivity index (χ1n) is 9.79. The highest BCUT2D eigenvalue weighted by Crippen LogP contribution is 2.22. The van der Waals surface area contributed by atoms with Crippen molar-refractivity contribution in [2.45, 2.75) is 0 Å². The topological polar surface area (TPSA) is 42.1 Å². The molecule has 3 aromatic rings. The summed E-state index contributed by atoms with van der Waals surface area (Å²) >= 11 is 5.07. The van der Waals surface area contributed by atoms with Crippen molar-refractivity contribution in [1.29, 1.82) is 0 Å². The third-order valence-corrected chi connectivity index (χ3v) is 6.16. The fourth-order valence-electron chi connectivity index (χ4n) is 3.20. The summed E-state index contributed by atoms with van der Waals surface area (Å²) in [6, 6.07) is 16.7. The van der Waals surface area contributed by atoms with Gasteiger partial charge in [0.25, 0.3) is 0 Å². The van der Waals surface area contributed by atoms with E-state index in [0.717, 1.165) is 52.4 Å². The zero-order valence-electron chi connectivity index (χ0n) is 16.6. The van der Waals surface area contributed by atoms with Crippen LogP contribution in [0.25, 0.3) is 11.3 Å². The minimum Gasteiger partial charge on any atom is -0.378 e. The second-order valence-corrected chi connectivity index (χ2v) is 8.54. The summed E-state index contributed by atoms with van der Waals surface area (Å²) in [4.78, 5) is 7.78. The van der Waals surface area contributed by atoms with Gasteiger partial charge < -0.3 is 9.64 Å². The van der Waals surface area contributed by atoms with Gasteiger partial charge in [-0.15, -0.1) is 17.9 Å². The van der Waals surface area contributed by atoms with E-state index >= 15 is 0 Å². The zero-order valence-corrected chi connectivity index (χ0v) is 19.0. The number of hydrogen-bond acceptors (Lipinski definition) is 5. The molecule has 1 saturated heterocycles. The van der Waals surface area contributed by atoms with Crippen LogP contribution in [0.3, 0.4) is 0 Å². The molecule has 0 spiro atoms. The quantitative estimate of drug-likeness (QED) is 0.374. The fourth-order valence-corrected chi connectivity index (χ4v) is 4.31. The second-order valence-electron chi connectivity index (χ2n) is 6.79. The Balaban J connectivity index is 1.62. The molecule has 1 aliphatic heterocycles. The van der Waals surface area contributed by atoms with E-state index in [9.17, 15) is 0 Å². The van der Waals surface area contributed by atoms with Crippen molar-refractivity contribution in [3.63, 3.8) is 0 Å². The molecule has 2 aromatic carbocycles. The lowest BCUT2D eigenvalue weighted by Crippen LogP contribution is -2.36. The Bertz CT molecular complexity index is 1080. The van der Waals surface area contributed by atoms with Crippen LogP contribution in [0.1, 0.15) is 5.56 Å². The Kier molecular flexibility index (Phi) is 6.94. The zero-order chi connectivity index (χ0) is 20.8. The maximum absolute atomic E-state index is 5.44. The van der Waals surface area contributed by atoms with E-state index in [4.69, 9.17) is 9.84 Å². The minimum absolute atomic E-state index is 0.560. The number of aromatic nitrogens is 1. The van der Waals surface area contributed by atoms with Crippen molar-refractivity contribution >= 4 is 39.2 Å². The van der Waals surface area contributed by atoms with Crippen molar-refractivity contribution in [1.82, 2.24) is 4.68 Å². The molecule has 4 rings (SSSR count). The first-order valence-corrected chi connectivity index (χ1v) is 11.5. The Morgan fingerprint density at radius 2 is 1.80 bits per heavy atom. The number of benzene rings is 2. The number of morpholine rings is 1. The van der Waals surface area contributed by atoms with Gasteiger partial charge in [0.2, 0.25) is 4.80 Å². The van der Waals surface area contributed by atoms with Gasteiger partial charge in [-0.2, -0.15) is 5.10 Å². The summed E-state index contributed by atoms with van der Waals surface area (Å²) in [7, 11) is 0. The van der Waals surface area contributed by atoms with Crippen molar-refractivity contribution in [2.75, 3.05) is 37.7 Å². The second kappa shape index (κ2) is 10.0. The molecule has 0 N–H and O–H groups in total. The van der Waals surface area contributed by atoms with Crippen LogP contribution in [0, 0.1) is 0 Å². The molecule has 7 heteroatoms. The molecular formula is C23H23BrN4OS. The van der Waals surface area contributed by atoms with Crippen LogP contribution in [-0.2, 0) is 4.74 Å². The average Bonchev–Trinajstić information content (AvgIpc) is 3.20. The molecule has 0 unspecified atom stereocenters. The Morgan fingerprint density at radius 3 is 2.50 bits per heavy atom. The molecule has 154 valence electrons. The molecule has 1 aromatic heterocycles. The van der Waals surface area contributed by atoms with E-state index in [1.807, 2.05) is 23.0 Å². The SMILES string of the molecule is C=CCN=c1scc(-c2ccc(Br)cc2)n1/N=C/c1ccc(N2CCOCC2)cc1. The van der Waals surface area contributed by atoms with E-state index in [2.05, 4.69) is 74.2 Å². The highest BCUT2D eigenvalue weighted by atomic mass is 79.9. The summed E-state index contributed by atoms with van der Waals surface area (Å²) in [5.41, 5.74) is 4.36. The molecule has 1 aliphatic rings. The van der Waals surface area contributed by atoms with E-state index in [-0.39, 0.29) is 0 Å². The Labute approximate surface area is 188 Å². The minimum atomic E-state index is 0.560. The number of halogens is 1. The van der Waals surface area contributed by atoms with Gasteiger partial charge in [0.1, 0.15) is 0 Å². The third-order valence-electron chi connectivity index (χ3n) is 4.77. The molecule has 0 amide bonds. The summed E-state index contributed by atoms with van der Waals surface area (Å²) < 4.78 is 8.38. The van der Waals surface area contributed by atoms with Crippen LogP contribution in [0.5, 0.6) is 0 Å². The van der Waals surface area contributed by atoms with Crippen molar-refractivity contribution in [3.8, 4) is 11.3 Å². The van der Waals surface area contributed by atoms with Crippen LogP contribution < -0.4 is 9.70 Å². The lowest BCUT2D eigenvalue weighted by atomic mass is 10.2. The largest absolute Gasteiger partial charge is 0.378 e. The number of thiazole rings is 1. The van der Waals surface area contributed by atoms with E-state index < -0.39 is 0 Å². The van der Waals surface area contributed by atoms with E-state index in [0.29, 0.717) is 6.54 Å². The van der Waals surface area contributed by atoms with E-state index in [1.165, 1.54) is 5.69 Å². The molecule has 5 nitrogen and oxygen atoms in total. The van der Waals surface area contributed by atoms with Crippen LogP contribution in [0.15, 0.2) is 81.1 Å². The van der Waals surface area contributed by atoms with Crippen LogP contribution in [0.2, 0.25) is 0 Å². The predicted octanol–water partition coefficient (Wildman–Crippen LogP) is 4.78. The fraction of sp³-hybridized carbons (Fsp3) is 0.217. The standard InChI is InChI=1S/C23H23BrN4OS/c1-2-11-25-23-28(22(17-30-23)19-5-7-20(24)8-6-19)26-16-18-3-9-21(10-4-18)27-12-14-29-15-13-27/h2-10,16-17H,1,11-15H2/b25-23?,26-16+. The van der Waals surface area contributed by atoms with Gasteiger partial charge in [-0.1, -0.05) is 46.3 Å². The lowest BCUT2D eigenvalue weighted by molar-refractivity contribution is 0.122. The molecule has 0 radical (unpaired) electrons. The summed E-state index contributed by atoms with van der Waals surface area (Å²) in [5, 5.41) is 6.85. The molecule has 0 bridgehead atoms. The van der Waals surface area contributed by atoms with Gasteiger partial charge in [-0.25, -0.2) is 4.68 Å². The van der Waals surface area contributed by atoms with Crippen molar-refractivity contribution in [3.05, 3.63) is 81.4 Å². The number of nitrogens with zero attached hydrogens (tertiary/aromatic N) is 4. The normalized spacial score (nSPS) is 15.1. The highest BCUT2D eigenvalue weighted by Gasteiger charge is 2.11. The van der Waals surface area contributed by atoms with E-state index in [1.54, 1.807) is 17.4 Å². The van der Waals surface area contributed by atoms with Gasteiger partial charge in [0.05, 0.1) is 31.7 Å². The number of hydrogen-bond donors (Lipinski definition) is 0. The molecular weight excluding hydrogens is 460 g/mol. The molecule has 1 fully saturated rings. The van der Waals surface area contributed by atoms with Crippen molar-refractivity contribution in [2.24, 2.45) is 10.1 Å². The summed E-state index contributed by atoms with van der Waals surface area (Å²) in [5.74, 6) is 0. The smallest absolute Gasteiger partial charge is 0.206 e. The maximum atomic E-state index is 5.44. The predicted molar refractivity (Wildman–Crippen MR) is 129 cm³/mol. The Hall–Kier alpha value is -2.48. The molecule has 30 heavy (non-hydrogen) atoms. The lowest BCUT2D eigenvalue weighted by Gasteiger charge is -2.28. The summed E-state index contributed by atoms with van der Waals surface area (Å²) in [6.45, 7) is 7.76. The van der Waals surface area contributed by atoms with Crippen LogP contribution >= 0.6 is 27.3 Å².